The van der Waals surface area contributed by atoms with Crippen molar-refractivity contribution >= 4 is 34.2 Å². The largest absolute Gasteiger partial charge is 0.283 e. The van der Waals surface area contributed by atoms with Crippen LogP contribution in [0.4, 0.5) is 11.4 Å². The van der Waals surface area contributed by atoms with E-state index in [-0.39, 0.29) is 0 Å². The van der Waals surface area contributed by atoms with Crippen molar-refractivity contribution < 1.29 is 0 Å². The molecule has 0 aliphatic rings. The number of rotatable bonds is 2. The highest BCUT2D eigenvalue weighted by Gasteiger charge is 2.07. The van der Waals surface area contributed by atoms with Gasteiger partial charge in [0.2, 0.25) is 0 Å². The van der Waals surface area contributed by atoms with Crippen LogP contribution in [-0.4, -0.2) is 0 Å². The average molecular weight is 323 g/mol. The highest BCUT2D eigenvalue weighted by atomic mass is 127. The summed E-state index contributed by atoms with van der Waals surface area (Å²) in [5.41, 5.74) is 5.05. The lowest BCUT2D eigenvalue weighted by atomic mass is 10.1. The van der Waals surface area contributed by atoms with Crippen LogP contribution in [0.2, 0.25) is 0 Å². The molecule has 0 aliphatic carbocycles. The lowest BCUT2D eigenvalue weighted by Gasteiger charge is -2.19. The smallest absolute Gasteiger partial charge is 0.0646 e. The fourth-order valence-electron chi connectivity index (χ4n) is 1.63. The molecule has 0 fully saturated rings. The first-order valence-electron chi connectivity index (χ1n) is 5.26. The first-order chi connectivity index (χ1) is 7.68. The molecule has 0 aliphatic heterocycles. The van der Waals surface area contributed by atoms with Crippen LogP contribution < -0.4 is 3.11 Å². The van der Waals surface area contributed by atoms with Gasteiger partial charge in [0.25, 0.3) is 0 Å². The Morgan fingerprint density at radius 1 is 0.938 bits per heavy atom. The van der Waals surface area contributed by atoms with Crippen LogP contribution in [0.1, 0.15) is 11.1 Å². The van der Waals surface area contributed by atoms with Crippen molar-refractivity contribution in [3.8, 4) is 0 Å². The lowest BCUT2D eigenvalue weighted by Crippen LogP contribution is -2.02. The van der Waals surface area contributed by atoms with E-state index in [4.69, 9.17) is 0 Å². The van der Waals surface area contributed by atoms with E-state index < -0.39 is 0 Å². The van der Waals surface area contributed by atoms with Gasteiger partial charge in [0.05, 0.1) is 34.2 Å². The van der Waals surface area contributed by atoms with E-state index >= 15 is 0 Å². The van der Waals surface area contributed by atoms with Crippen LogP contribution in [0, 0.1) is 13.8 Å². The third-order valence-corrected chi connectivity index (χ3v) is 3.64. The number of hydrogen-bond donors (Lipinski definition) is 0. The van der Waals surface area contributed by atoms with Crippen LogP contribution in [0.15, 0.2) is 48.5 Å². The number of benzene rings is 2. The van der Waals surface area contributed by atoms with Gasteiger partial charge in [0.1, 0.15) is 0 Å². The van der Waals surface area contributed by atoms with E-state index in [0.717, 1.165) is 0 Å². The van der Waals surface area contributed by atoms with Crippen LogP contribution in [0.5, 0.6) is 0 Å². The van der Waals surface area contributed by atoms with Crippen LogP contribution in [0.3, 0.4) is 0 Å². The molecule has 82 valence electrons. The maximum atomic E-state index is 2.35. The van der Waals surface area contributed by atoms with Crippen molar-refractivity contribution in [3.63, 3.8) is 0 Å². The molecule has 0 unspecified atom stereocenters. The summed E-state index contributed by atoms with van der Waals surface area (Å²) in [5.74, 6) is 0. The Bertz CT molecular complexity index is 479. The molecule has 0 amide bonds. The molecule has 0 aromatic heterocycles. The molecule has 1 nitrogen and oxygen atoms in total. The molecule has 0 atom stereocenters. The standard InChI is InChI=1S/C14H14IN/c1-11-8-9-12(2)14(10-11)16(15)13-6-4-3-5-7-13/h3-10H,1-2H3. The Balaban J connectivity index is 2.41. The zero-order valence-electron chi connectivity index (χ0n) is 9.44. The van der Waals surface area contributed by atoms with Crippen LogP contribution >= 0.6 is 22.9 Å². The minimum Gasteiger partial charge on any atom is -0.283 e. The molecule has 0 N–H and O–H groups in total. The fourth-order valence-corrected chi connectivity index (χ4v) is 2.47. The number of halogens is 1. The molecular weight excluding hydrogens is 309 g/mol. The molecule has 0 bridgehead atoms. The molecule has 2 aromatic rings. The van der Waals surface area contributed by atoms with Crippen molar-refractivity contribution in [2.24, 2.45) is 0 Å². The van der Waals surface area contributed by atoms with Crippen LogP contribution in [-0.2, 0) is 0 Å². The van der Waals surface area contributed by atoms with Gasteiger partial charge in [-0.15, -0.1) is 0 Å². The number of aryl methyl sites for hydroxylation is 2. The fraction of sp³-hybridized carbons (Fsp3) is 0.143. The van der Waals surface area contributed by atoms with Gasteiger partial charge in [-0.25, -0.2) is 0 Å². The van der Waals surface area contributed by atoms with E-state index in [1.165, 1.54) is 22.5 Å². The second kappa shape index (κ2) is 4.87. The predicted molar refractivity (Wildman–Crippen MR) is 78.5 cm³/mol. The predicted octanol–water partition coefficient (Wildman–Crippen LogP) is 4.79. The summed E-state index contributed by atoms with van der Waals surface area (Å²) in [4.78, 5) is 0. The summed E-state index contributed by atoms with van der Waals surface area (Å²) in [6.07, 6.45) is 0. The molecule has 16 heavy (non-hydrogen) atoms. The van der Waals surface area contributed by atoms with Crippen molar-refractivity contribution in [1.82, 2.24) is 0 Å². The van der Waals surface area contributed by atoms with E-state index in [1.807, 2.05) is 6.07 Å². The molecule has 0 radical (unpaired) electrons. The number of anilines is 2. The Morgan fingerprint density at radius 2 is 1.62 bits per heavy atom. The normalized spacial score (nSPS) is 10.2. The van der Waals surface area contributed by atoms with Crippen LogP contribution in [0.25, 0.3) is 0 Å². The second-order valence-corrected chi connectivity index (χ2v) is 4.87. The monoisotopic (exact) mass is 323 g/mol. The first-order valence-corrected chi connectivity index (χ1v) is 6.23. The van der Waals surface area contributed by atoms with E-state index in [1.54, 1.807) is 0 Å². The zero-order chi connectivity index (χ0) is 11.5. The Morgan fingerprint density at radius 3 is 2.31 bits per heavy atom. The highest BCUT2D eigenvalue weighted by Crippen LogP contribution is 2.32. The second-order valence-electron chi connectivity index (χ2n) is 3.91. The van der Waals surface area contributed by atoms with Crippen molar-refractivity contribution in [1.29, 1.82) is 0 Å². The summed E-state index contributed by atoms with van der Waals surface area (Å²) >= 11 is 2.35. The molecule has 2 aromatic carbocycles. The van der Waals surface area contributed by atoms with Crippen molar-refractivity contribution in [3.05, 3.63) is 59.7 Å². The van der Waals surface area contributed by atoms with Gasteiger partial charge in [0, 0.05) is 0 Å². The van der Waals surface area contributed by atoms with Gasteiger partial charge in [-0.2, -0.15) is 0 Å². The molecule has 0 saturated heterocycles. The molecule has 2 rings (SSSR count). The average Bonchev–Trinajstić information content (AvgIpc) is 2.32. The summed E-state index contributed by atoms with van der Waals surface area (Å²) in [5, 5.41) is 0. The van der Waals surface area contributed by atoms with Gasteiger partial charge < -0.3 is 0 Å². The molecule has 0 saturated carbocycles. The number of hydrogen-bond acceptors (Lipinski definition) is 1. The molecule has 0 spiro atoms. The maximum Gasteiger partial charge on any atom is 0.0646 e. The zero-order valence-corrected chi connectivity index (χ0v) is 11.6. The van der Waals surface area contributed by atoms with E-state index in [0.29, 0.717) is 0 Å². The Labute approximate surface area is 111 Å². The Hall–Kier alpha value is -1.03. The number of para-hydroxylation sites is 1. The quantitative estimate of drug-likeness (QED) is 0.567. The number of nitrogens with zero attached hydrogens (tertiary/aromatic N) is 1. The van der Waals surface area contributed by atoms with Gasteiger partial charge in [-0.05, 0) is 43.2 Å². The molecule has 0 heterocycles. The van der Waals surface area contributed by atoms with Crippen molar-refractivity contribution in [2.75, 3.05) is 3.11 Å². The van der Waals surface area contributed by atoms with E-state index in [9.17, 15) is 0 Å². The Kier molecular flexibility index (Phi) is 3.49. The minimum atomic E-state index is 1.21. The summed E-state index contributed by atoms with van der Waals surface area (Å²) in [6.45, 7) is 4.27. The van der Waals surface area contributed by atoms with Gasteiger partial charge in [0.15, 0.2) is 0 Å². The first kappa shape index (κ1) is 11.5. The minimum absolute atomic E-state index is 1.21. The SMILES string of the molecule is Cc1ccc(C)c(N(I)c2ccccc2)c1. The van der Waals surface area contributed by atoms with Crippen molar-refractivity contribution in [2.45, 2.75) is 13.8 Å². The third kappa shape index (κ3) is 2.38. The topological polar surface area (TPSA) is 3.24 Å². The molecule has 2 heteroatoms. The maximum absolute atomic E-state index is 2.35. The summed E-state index contributed by atoms with van der Waals surface area (Å²) in [7, 11) is 0. The van der Waals surface area contributed by atoms with Gasteiger partial charge in [-0.1, -0.05) is 30.3 Å². The molecular formula is C14H14IN. The van der Waals surface area contributed by atoms with Gasteiger partial charge >= 0.3 is 0 Å². The third-order valence-electron chi connectivity index (χ3n) is 2.56. The summed E-state index contributed by atoms with van der Waals surface area (Å²) in [6, 6.07) is 16.9. The lowest BCUT2D eigenvalue weighted by molar-refractivity contribution is 1.34. The highest BCUT2D eigenvalue weighted by molar-refractivity contribution is 14.1. The van der Waals surface area contributed by atoms with Gasteiger partial charge in [-0.3, -0.25) is 3.11 Å². The van der Waals surface area contributed by atoms with E-state index in [2.05, 4.69) is 82.3 Å². The summed E-state index contributed by atoms with van der Waals surface area (Å²) < 4.78 is 2.19.